The number of carbonyl (C=O) groups is 2. The molecule has 41 heavy (non-hydrogen) atoms. The average molecular weight is 579 g/mol. The number of benzene rings is 2. The van der Waals surface area contributed by atoms with Crippen LogP contribution in [0.3, 0.4) is 0 Å². The van der Waals surface area contributed by atoms with Gasteiger partial charge in [-0.2, -0.15) is 0 Å². The summed E-state index contributed by atoms with van der Waals surface area (Å²) in [6.07, 6.45) is 1.07. The van der Waals surface area contributed by atoms with Crippen LogP contribution in [0.25, 0.3) is 0 Å². The largest absolute Gasteiger partial charge is 0.493 e. The highest BCUT2D eigenvalue weighted by Crippen LogP contribution is 2.40. The Kier molecular flexibility index (Phi) is 13.9. The number of ether oxygens (including phenoxy) is 9. The molecule has 0 amide bonds. The summed E-state index contributed by atoms with van der Waals surface area (Å²) in [5.41, 5.74) is 0.548. The van der Waals surface area contributed by atoms with Crippen molar-refractivity contribution in [2.75, 3.05) is 62.5 Å². The van der Waals surface area contributed by atoms with Crippen LogP contribution in [0, 0.1) is 5.92 Å². The smallest absolute Gasteiger partial charge is 0.338 e. The Morgan fingerprint density at radius 1 is 0.659 bits per heavy atom. The molecule has 0 fully saturated rings. The van der Waals surface area contributed by atoms with Gasteiger partial charge in [-0.15, -0.1) is 0 Å². The molecule has 0 bridgehead atoms. The van der Waals surface area contributed by atoms with Gasteiger partial charge in [-0.3, -0.25) is 0 Å². The number of hydrogen-bond donors (Lipinski definition) is 0. The first kappa shape index (κ1) is 33.3. The molecule has 0 saturated carbocycles. The predicted molar refractivity (Wildman–Crippen MR) is 151 cm³/mol. The summed E-state index contributed by atoms with van der Waals surface area (Å²) in [5, 5.41) is 0. The van der Waals surface area contributed by atoms with E-state index < -0.39 is 18.0 Å². The molecule has 0 saturated heterocycles. The van der Waals surface area contributed by atoms with Crippen molar-refractivity contribution < 1.29 is 52.2 Å². The molecule has 0 spiro atoms. The van der Waals surface area contributed by atoms with Crippen LogP contribution in [-0.2, 0) is 14.2 Å². The van der Waals surface area contributed by atoms with E-state index in [1.807, 2.05) is 13.8 Å². The van der Waals surface area contributed by atoms with Crippen LogP contribution in [0.2, 0.25) is 0 Å². The first-order valence-electron chi connectivity index (χ1n) is 13.3. The molecular formula is C30H42O11. The van der Waals surface area contributed by atoms with Crippen LogP contribution in [0.1, 0.15) is 53.8 Å². The summed E-state index contributed by atoms with van der Waals surface area (Å²) in [7, 11) is 8.99. The maximum absolute atomic E-state index is 13.0. The first-order valence-corrected chi connectivity index (χ1v) is 13.3. The van der Waals surface area contributed by atoms with Gasteiger partial charge in [-0.1, -0.05) is 13.8 Å². The van der Waals surface area contributed by atoms with E-state index in [1.54, 1.807) is 31.4 Å². The number of esters is 2. The highest BCUT2D eigenvalue weighted by atomic mass is 16.6. The fraction of sp³-hybridized carbons (Fsp3) is 0.533. The van der Waals surface area contributed by atoms with E-state index in [0.717, 1.165) is 0 Å². The first-order chi connectivity index (χ1) is 19.7. The Balaban J connectivity index is 2.12. The zero-order chi connectivity index (χ0) is 30.4. The van der Waals surface area contributed by atoms with E-state index in [2.05, 4.69) is 0 Å². The van der Waals surface area contributed by atoms with Crippen molar-refractivity contribution in [3.05, 3.63) is 35.4 Å². The molecule has 0 radical (unpaired) electrons. The number of rotatable bonds is 18. The van der Waals surface area contributed by atoms with Gasteiger partial charge in [-0.25, -0.2) is 9.59 Å². The molecule has 1 unspecified atom stereocenters. The molecule has 0 aliphatic heterocycles. The zero-order valence-corrected chi connectivity index (χ0v) is 25.2. The number of methoxy groups -OCH3 is 6. The van der Waals surface area contributed by atoms with Crippen LogP contribution in [0.15, 0.2) is 24.3 Å². The third-order valence-electron chi connectivity index (χ3n) is 5.97. The fourth-order valence-corrected chi connectivity index (χ4v) is 3.90. The summed E-state index contributed by atoms with van der Waals surface area (Å²) in [5.74, 6) is 1.30. The molecule has 0 aliphatic rings. The van der Waals surface area contributed by atoms with Gasteiger partial charge in [0.05, 0.1) is 59.9 Å². The zero-order valence-electron chi connectivity index (χ0n) is 25.2. The van der Waals surface area contributed by atoms with Crippen molar-refractivity contribution in [2.24, 2.45) is 5.92 Å². The van der Waals surface area contributed by atoms with E-state index in [9.17, 15) is 9.59 Å². The molecular weight excluding hydrogens is 536 g/mol. The second kappa shape index (κ2) is 17.1. The van der Waals surface area contributed by atoms with Gasteiger partial charge in [0, 0.05) is 20.1 Å². The van der Waals surface area contributed by atoms with Gasteiger partial charge in [0.15, 0.2) is 23.0 Å². The Morgan fingerprint density at radius 2 is 1.17 bits per heavy atom. The molecule has 0 heterocycles. The lowest BCUT2D eigenvalue weighted by molar-refractivity contribution is 0.0180. The lowest BCUT2D eigenvalue weighted by Gasteiger charge is -2.20. The molecule has 2 aromatic rings. The quantitative estimate of drug-likeness (QED) is 0.176. The van der Waals surface area contributed by atoms with E-state index in [-0.39, 0.29) is 23.7 Å². The van der Waals surface area contributed by atoms with Crippen LogP contribution < -0.4 is 28.4 Å². The van der Waals surface area contributed by atoms with E-state index in [0.29, 0.717) is 67.0 Å². The summed E-state index contributed by atoms with van der Waals surface area (Å²) < 4.78 is 49.3. The maximum Gasteiger partial charge on any atom is 0.338 e. The Hall–Kier alpha value is -3.86. The SMILES string of the molecule is COCCC(CCCOc1cc(C(=O)OCC(C)C)cc(OC)c1OC)OC(=O)c1cc(OC)c(OC)c(OC)c1. The van der Waals surface area contributed by atoms with Crippen molar-refractivity contribution in [3.8, 4) is 34.5 Å². The van der Waals surface area contributed by atoms with Gasteiger partial charge in [-0.05, 0) is 43.0 Å². The predicted octanol–water partition coefficient (Wildman–Crippen LogP) is 4.96. The monoisotopic (exact) mass is 578 g/mol. The van der Waals surface area contributed by atoms with E-state index in [4.69, 9.17) is 42.6 Å². The van der Waals surface area contributed by atoms with E-state index in [1.165, 1.54) is 35.5 Å². The van der Waals surface area contributed by atoms with Crippen molar-refractivity contribution >= 4 is 11.9 Å². The summed E-state index contributed by atoms with van der Waals surface area (Å²) in [6, 6.07) is 6.20. The minimum absolute atomic E-state index is 0.198. The van der Waals surface area contributed by atoms with E-state index >= 15 is 0 Å². The second-order valence-electron chi connectivity index (χ2n) is 9.42. The van der Waals surface area contributed by atoms with Gasteiger partial charge in [0.1, 0.15) is 6.10 Å². The molecule has 0 N–H and O–H groups in total. The third-order valence-corrected chi connectivity index (χ3v) is 5.97. The number of carbonyl (C=O) groups excluding carboxylic acids is 2. The Labute approximate surface area is 241 Å². The van der Waals surface area contributed by atoms with Crippen LogP contribution in [-0.4, -0.2) is 80.5 Å². The van der Waals surface area contributed by atoms with Crippen molar-refractivity contribution in [1.82, 2.24) is 0 Å². The summed E-state index contributed by atoms with van der Waals surface area (Å²) in [4.78, 5) is 25.6. The van der Waals surface area contributed by atoms with Gasteiger partial charge < -0.3 is 42.6 Å². The second-order valence-corrected chi connectivity index (χ2v) is 9.42. The molecule has 228 valence electrons. The highest BCUT2D eigenvalue weighted by Gasteiger charge is 2.22. The molecule has 11 heteroatoms. The third kappa shape index (κ3) is 9.63. The lowest BCUT2D eigenvalue weighted by Crippen LogP contribution is -2.21. The summed E-state index contributed by atoms with van der Waals surface area (Å²) >= 11 is 0. The Morgan fingerprint density at radius 3 is 1.66 bits per heavy atom. The highest BCUT2D eigenvalue weighted by molar-refractivity contribution is 5.92. The minimum Gasteiger partial charge on any atom is -0.493 e. The van der Waals surface area contributed by atoms with Crippen molar-refractivity contribution in [2.45, 2.75) is 39.2 Å². The standard InChI is InChI=1S/C30H42O11/c1-19(2)18-40-29(31)20-14-25(36-6)28(38-8)26(17-20)39-12-9-10-22(11-13-33-3)41-30(32)21-15-23(34-4)27(37-7)24(16-21)35-5/h14-17,19,22H,9-13,18H2,1-8H3. The molecule has 1 atom stereocenters. The van der Waals surface area contributed by atoms with Crippen LogP contribution >= 0.6 is 0 Å². The maximum atomic E-state index is 13.0. The average Bonchev–Trinajstić information content (AvgIpc) is 2.98. The minimum atomic E-state index is -0.537. The van der Waals surface area contributed by atoms with Gasteiger partial charge in [0.25, 0.3) is 0 Å². The molecule has 0 aliphatic carbocycles. The molecule has 11 nitrogen and oxygen atoms in total. The normalized spacial score (nSPS) is 11.4. The van der Waals surface area contributed by atoms with Gasteiger partial charge >= 0.3 is 11.9 Å². The summed E-state index contributed by atoms with van der Waals surface area (Å²) in [6.45, 7) is 4.87. The lowest BCUT2D eigenvalue weighted by atomic mass is 10.1. The number of hydrogen-bond acceptors (Lipinski definition) is 11. The van der Waals surface area contributed by atoms with Crippen molar-refractivity contribution in [3.63, 3.8) is 0 Å². The Bertz CT molecular complexity index is 1100. The van der Waals surface area contributed by atoms with Gasteiger partial charge in [0.2, 0.25) is 11.5 Å². The van der Waals surface area contributed by atoms with Crippen molar-refractivity contribution in [1.29, 1.82) is 0 Å². The van der Waals surface area contributed by atoms with Crippen LogP contribution in [0.5, 0.6) is 34.5 Å². The molecule has 0 aromatic heterocycles. The van der Waals surface area contributed by atoms with Crippen LogP contribution in [0.4, 0.5) is 0 Å². The molecule has 2 aromatic carbocycles. The fourth-order valence-electron chi connectivity index (χ4n) is 3.90. The topological polar surface area (TPSA) is 117 Å². The molecule has 2 rings (SSSR count).